The van der Waals surface area contributed by atoms with Gasteiger partial charge in [0.25, 0.3) is 0 Å². The fourth-order valence-electron chi connectivity index (χ4n) is 3.80. The van der Waals surface area contributed by atoms with Crippen LogP contribution in [0.15, 0.2) is 41.4 Å². The SMILES string of the molecule is Cn1cccc1[C@@H]1CCCN1S(=O)(=O)c1ccc2c(c1)CCC(=O)N2. The van der Waals surface area contributed by atoms with Crippen LogP contribution < -0.4 is 5.32 Å². The Hall–Kier alpha value is -2.12. The molecule has 3 heterocycles. The summed E-state index contributed by atoms with van der Waals surface area (Å²) >= 11 is 0. The molecular formula is C18H21N3O3S. The fourth-order valence-corrected chi connectivity index (χ4v) is 5.52. The Morgan fingerprint density at radius 2 is 2.04 bits per heavy atom. The number of carbonyl (C=O) groups excluding carboxylic acids is 1. The van der Waals surface area contributed by atoms with Crippen molar-refractivity contribution >= 4 is 21.6 Å². The second kappa shape index (κ2) is 6.00. The number of aromatic nitrogens is 1. The summed E-state index contributed by atoms with van der Waals surface area (Å²) in [6.07, 6.45) is 4.60. The van der Waals surface area contributed by atoms with Gasteiger partial charge < -0.3 is 9.88 Å². The molecule has 0 aliphatic carbocycles. The van der Waals surface area contributed by atoms with Crippen molar-refractivity contribution < 1.29 is 13.2 Å². The van der Waals surface area contributed by atoms with Gasteiger partial charge in [-0.05, 0) is 55.2 Å². The van der Waals surface area contributed by atoms with Crippen LogP contribution in [0.25, 0.3) is 0 Å². The van der Waals surface area contributed by atoms with Crippen LogP contribution in [-0.2, 0) is 28.3 Å². The number of hydrogen-bond donors (Lipinski definition) is 1. The number of fused-ring (bicyclic) bond motifs is 1. The van der Waals surface area contributed by atoms with Crippen LogP contribution in [0.2, 0.25) is 0 Å². The summed E-state index contributed by atoms with van der Waals surface area (Å²) < 4.78 is 30.1. The van der Waals surface area contributed by atoms with Crippen LogP contribution in [0, 0.1) is 0 Å². The van der Waals surface area contributed by atoms with E-state index in [1.54, 1.807) is 22.5 Å². The van der Waals surface area contributed by atoms with E-state index in [-0.39, 0.29) is 11.9 Å². The topological polar surface area (TPSA) is 71.4 Å². The standard InChI is InChI=1S/C18H21N3O3S/c1-20-10-2-4-16(20)17-5-3-11-21(17)25(23,24)14-7-8-15-13(12-14)6-9-18(22)19-15/h2,4,7-8,10,12,17H,3,5-6,9,11H2,1H3,(H,19,22)/t17-/m0/s1. The highest BCUT2D eigenvalue weighted by Gasteiger charge is 2.37. The van der Waals surface area contributed by atoms with Crippen molar-refractivity contribution in [3.05, 3.63) is 47.8 Å². The minimum atomic E-state index is -3.57. The van der Waals surface area contributed by atoms with Crippen molar-refractivity contribution in [3.8, 4) is 0 Å². The maximum atomic E-state index is 13.2. The number of hydrogen-bond acceptors (Lipinski definition) is 3. The van der Waals surface area contributed by atoms with E-state index < -0.39 is 10.0 Å². The minimum absolute atomic E-state index is 0.0218. The molecular weight excluding hydrogens is 338 g/mol. The van der Waals surface area contributed by atoms with Gasteiger partial charge in [-0.25, -0.2) is 8.42 Å². The van der Waals surface area contributed by atoms with E-state index in [0.717, 1.165) is 29.8 Å². The predicted molar refractivity (Wildman–Crippen MR) is 94.7 cm³/mol. The summed E-state index contributed by atoms with van der Waals surface area (Å²) in [6.45, 7) is 0.534. The van der Waals surface area contributed by atoms with Gasteiger partial charge in [0.1, 0.15) is 0 Å². The lowest BCUT2D eigenvalue weighted by Gasteiger charge is -2.25. The lowest BCUT2D eigenvalue weighted by Crippen LogP contribution is -2.31. The first kappa shape index (κ1) is 16.4. The minimum Gasteiger partial charge on any atom is -0.353 e. The summed E-state index contributed by atoms with van der Waals surface area (Å²) in [5.41, 5.74) is 2.62. The summed E-state index contributed by atoms with van der Waals surface area (Å²) in [4.78, 5) is 11.8. The fraction of sp³-hybridized carbons (Fsp3) is 0.389. The van der Waals surface area contributed by atoms with Crippen LogP contribution in [0.5, 0.6) is 0 Å². The van der Waals surface area contributed by atoms with Gasteiger partial charge in [-0.2, -0.15) is 4.31 Å². The van der Waals surface area contributed by atoms with Gasteiger partial charge in [0.2, 0.25) is 15.9 Å². The van der Waals surface area contributed by atoms with Crippen molar-refractivity contribution in [2.75, 3.05) is 11.9 Å². The molecule has 0 bridgehead atoms. The maximum Gasteiger partial charge on any atom is 0.243 e. The van der Waals surface area contributed by atoms with Crippen LogP contribution >= 0.6 is 0 Å². The number of rotatable bonds is 3. The molecule has 1 aromatic carbocycles. The van der Waals surface area contributed by atoms with E-state index in [1.165, 1.54) is 0 Å². The highest BCUT2D eigenvalue weighted by Crippen LogP contribution is 2.37. The van der Waals surface area contributed by atoms with E-state index in [0.29, 0.717) is 24.3 Å². The Labute approximate surface area is 147 Å². The second-order valence-corrected chi connectivity index (χ2v) is 8.58. The van der Waals surface area contributed by atoms with Gasteiger partial charge in [0, 0.05) is 37.6 Å². The van der Waals surface area contributed by atoms with Gasteiger partial charge in [0.15, 0.2) is 0 Å². The van der Waals surface area contributed by atoms with E-state index >= 15 is 0 Å². The third-order valence-corrected chi connectivity index (χ3v) is 7.01. The lowest BCUT2D eigenvalue weighted by molar-refractivity contribution is -0.116. The third-order valence-electron chi connectivity index (χ3n) is 5.11. The van der Waals surface area contributed by atoms with Gasteiger partial charge in [-0.15, -0.1) is 0 Å². The molecule has 0 saturated carbocycles. The summed E-state index contributed by atoms with van der Waals surface area (Å²) in [7, 11) is -1.63. The van der Waals surface area contributed by atoms with Gasteiger partial charge in [-0.1, -0.05) is 0 Å². The predicted octanol–water partition coefficient (Wildman–Crippen LogP) is 2.44. The first-order chi connectivity index (χ1) is 12.0. The molecule has 1 atom stereocenters. The zero-order valence-corrected chi connectivity index (χ0v) is 14.9. The van der Waals surface area contributed by atoms with E-state index in [4.69, 9.17) is 0 Å². The second-order valence-electron chi connectivity index (χ2n) is 6.68. The normalized spacial score (nSPS) is 21.2. The number of amides is 1. The number of carbonyl (C=O) groups is 1. The van der Waals surface area contributed by atoms with Crippen LogP contribution in [0.4, 0.5) is 5.69 Å². The first-order valence-corrected chi connectivity index (χ1v) is 9.97. The average molecular weight is 359 g/mol. The molecule has 1 N–H and O–H groups in total. The number of nitrogens with zero attached hydrogens (tertiary/aromatic N) is 2. The zero-order chi connectivity index (χ0) is 17.6. The molecule has 25 heavy (non-hydrogen) atoms. The first-order valence-electron chi connectivity index (χ1n) is 8.53. The molecule has 6 nitrogen and oxygen atoms in total. The van der Waals surface area contributed by atoms with Crippen molar-refractivity contribution in [2.45, 2.75) is 36.6 Å². The van der Waals surface area contributed by atoms with Crippen LogP contribution in [0.3, 0.4) is 0 Å². The quantitative estimate of drug-likeness (QED) is 0.915. The smallest absolute Gasteiger partial charge is 0.243 e. The number of sulfonamides is 1. The highest BCUT2D eigenvalue weighted by molar-refractivity contribution is 7.89. The molecule has 2 aliphatic heterocycles. The summed E-state index contributed by atoms with van der Waals surface area (Å²) in [6, 6.07) is 8.82. The monoisotopic (exact) mass is 359 g/mol. The van der Waals surface area contributed by atoms with E-state index in [9.17, 15) is 13.2 Å². The van der Waals surface area contributed by atoms with Gasteiger partial charge in [-0.3, -0.25) is 4.79 Å². The average Bonchev–Trinajstić information content (AvgIpc) is 3.22. The van der Waals surface area contributed by atoms with Crippen molar-refractivity contribution in [1.29, 1.82) is 0 Å². The molecule has 2 aliphatic rings. The summed E-state index contributed by atoms with van der Waals surface area (Å²) in [5.74, 6) is -0.0218. The molecule has 0 spiro atoms. The van der Waals surface area contributed by atoms with E-state index in [1.807, 2.05) is 29.9 Å². The number of anilines is 1. The molecule has 132 valence electrons. The molecule has 7 heteroatoms. The lowest BCUT2D eigenvalue weighted by atomic mass is 10.0. The Morgan fingerprint density at radius 1 is 1.20 bits per heavy atom. The third kappa shape index (κ3) is 2.77. The van der Waals surface area contributed by atoms with Gasteiger partial charge >= 0.3 is 0 Å². The van der Waals surface area contributed by atoms with Crippen molar-refractivity contribution in [3.63, 3.8) is 0 Å². The van der Waals surface area contributed by atoms with E-state index in [2.05, 4.69) is 5.32 Å². The number of aryl methyl sites for hydroxylation is 2. The summed E-state index contributed by atoms with van der Waals surface area (Å²) in [5, 5.41) is 2.80. The maximum absolute atomic E-state index is 13.2. The molecule has 1 fully saturated rings. The Bertz CT molecular complexity index is 933. The molecule has 2 aromatic rings. The molecule has 1 aromatic heterocycles. The molecule has 0 radical (unpaired) electrons. The Balaban J connectivity index is 1.70. The van der Waals surface area contributed by atoms with Gasteiger partial charge in [0.05, 0.1) is 10.9 Å². The number of nitrogens with one attached hydrogen (secondary N) is 1. The molecule has 1 amide bonds. The van der Waals surface area contributed by atoms with Crippen LogP contribution in [-0.4, -0.2) is 29.7 Å². The molecule has 4 rings (SSSR count). The Morgan fingerprint density at radius 3 is 2.80 bits per heavy atom. The highest BCUT2D eigenvalue weighted by atomic mass is 32.2. The van der Waals surface area contributed by atoms with Crippen molar-refractivity contribution in [2.24, 2.45) is 7.05 Å². The molecule has 0 unspecified atom stereocenters. The Kier molecular flexibility index (Phi) is 3.92. The number of benzene rings is 1. The largest absolute Gasteiger partial charge is 0.353 e. The van der Waals surface area contributed by atoms with Crippen LogP contribution in [0.1, 0.15) is 36.6 Å². The zero-order valence-electron chi connectivity index (χ0n) is 14.1. The van der Waals surface area contributed by atoms with Crippen molar-refractivity contribution in [1.82, 2.24) is 8.87 Å². The molecule has 1 saturated heterocycles.